The van der Waals surface area contributed by atoms with Gasteiger partial charge in [-0.15, -0.1) is 5.10 Å². The molecule has 6 heteroatoms. The molecule has 0 unspecified atom stereocenters. The lowest BCUT2D eigenvalue weighted by molar-refractivity contribution is 0.474. The van der Waals surface area contributed by atoms with Gasteiger partial charge < -0.3 is 5.11 Å². The molecule has 0 amide bonds. The topological polar surface area (TPSA) is 70.7 Å². The number of aromatic nitrogens is 2. The van der Waals surface area contributed by atoms with Crippen LogP contribution in [-0.4, -0.2) is 27.0 Å². The first-order valence-electron chi connectivity index (χ1n) is 8.67. The van der Waals surface area contributed by atoms with Crippen LogP contribution in [0.15, 0.2) is 81.4 Å². The minimum atomic E-state index is 0.144. The van der Waals surface area contributed by atoms with Crippen molar-refractivity contribution in [2.45, 2.75) is 0 Å². The molecule has 0 spiro atoms. The van der Waals surface area contributed by atoms with Gasteiger partial charge >= 0.3 is 0 Å². The number of nitrogens with zero attached hydrogens (tertiary/aromatic N) is 4. The first-order valence-corrected chi connectivity index (χ1v) is 9.46. The molecule has 4 aromatic rings. The number of aromatic hydroxyl groups is 1. The monoisotopic (exact) mass is 428 g/mol. The first kappa shape index (κ1) is 16.8. The molecule has 1 aromatic heterocycles. The molecule has 0 saturated heterocycles. The number of hydrogen-bond acceptors (Lipinski definition) is 5. The van der Waals surface area contributed by atoms with E-state index in [4.69, 9.17) is 9.97 Å². The molecule has 5 rings (SSSR count). The highest BCUT2D eigenvalue weighted by Gasteiger charge is 2.28. The molecule has 1 aliphatic carbocycles. The van der Waals surface area contributed by atoms with Crippen molar-refractivity contribution in [1.82, 2.24) is 9.97 Å². The number of fused-ring (bicyclic) bond motifs is 4. The number of halogens is 1. The van der Waals surface area contributed by atoms with E-state index in [1.165, 1.54) is 6.21 Å². The van der Waals surface area contributed by atoms with Crippen molar-refractivity contribution in [2.75, 3.05) is 0 Å². The summed E-state index contributed by atoms with van der Waals surface area (Å²) in [5.41, 5.74) is 6.39. The lowest BCUT2D eigenvalue weighted by Crippen LogP contribution is -2.01. The maximum atomic E-state index is 9.98. The zero-order chi connectivity index (χ0) is 19.1. The molecule has 1 aliphatic rings. The highest BCUT2D eigenvalue weighted by Crippen LogP contribution is 2.35. The fourth-order valence-corrected chi connectivity index (χ4v) is 3.63. The SMILES string of the molecule is Oc1ccc(Br)cc1/C=N\N=C1/c2ccccc2-c2nc3ccccc3nc21. The summed E-state index contributed by atoms with van der Waals surface area (Å²) in [5.74, 6) is 0.144. The van der Waals surface area contributed by atoms with Gasteiger partial charge in [-0.3, -0.25) is 0 Å². The predicted octanol–water partition coefficient (Wildman–Crippen LogP) is 4.95. The second-order valence-corrected chi connectivity index (χ2v) is 7.27. The Morgan fingerprint density at radius 1 is 0.821 bits per heavy atom. The molecule has 28 heavy (non-hydrogen) atoms. The van der Waals surface area contributed by atoms with Crippen LogP contribution in [0.25, 0.3) is 22.3 Å². The third kappa shape index (κ3) is 2.78. The summed E-state index contributed by atoms with van der Waals surface area (Å²) in [7, 11) is 0. The number of phenols is 1. The Morgan fingerprint density at radius 2 is 1.50 bits per heavy atom. The zero-order valence-electron chi connectivity index (χ0n) is 14.5. The quantitative estimate of drug-likeness (QED) is 0.319. The van der Waals surface area contributed by atoms with E-state index in [-0.39, 0.29) is 5.75 Å². The minimum Gasteiger partial charge on any atom is -0.507 e. The molecule has 0 radical (unpaired) electrons. The summed E-state index contributed by atoms with van der Waals surface area (Å²) in [4.78, 5) is 9.58. The average Bonchev–Trinajstić information content (AvgIpc) is 3.02. The van der Waals surface area contributed by atoms with Gasteiger partial charge in [0.1, 0.15) is 17.2 Å². The van der Waals surface area contributed by atoms with Crippen molar-refractivity contribution in [1.29, 1.82) is 0 Å². The number of rotatable bonds is 2. The maximum Gasteiger partial charge on any atom is 0.124 e. The van der Waals surface area contributed by atoms with E-state index < -0.39 is 0 Å². The van der Waals surface area contributed by atoms with Crippen molar-refractivity contribution >= 4 is 38.9 Å². The van der Waals surface area contributed by atoms with E-state index in [9.17, 15) is 5.11 Å². The fourth-order valence-electron chi connectivity index (χ4n) is 3.26. The summed E-state index contributed by atoms with van der Waals surface area (Å²) in [6.45, 7) is 0. The predicted molar refractivity (Wildman–Crippen MR) is 114 cm³/mol. The van der Waals surface area contributed by atoms with Gasteiger partial charge in [-0.2, -0.15) is 5.10 Å². The van der Waals surface area contributed by atoms with Gasteiger partial charge in [-0.25, -0.2) is 9.97 Å². The molecular formula is C22H13BrN4O. The van der Waals surface area contributed by atoms with Crippen LogP contribution in [-0.2, 0) is 0 Å². The Bertz CT molecular complexity index is 1300. The van der Waals surface area contributed by atoms with Gasteiger partial charge in [0.2, 0.25) is 0 Å². The van der Waals surface area contributed by atoms with Crippen molar-refractivity contribution in [3.63, 3.8) is 0 Å². The summed E-state index contributed by atoms with van der Waals surface area (Å²) < 4.78 is 0.855. The molecule has 1 heterocycles. The second-order valence-electron chi connectivity index (χ2n) is 6.35. The smallest absolute Gasteiger partial charge is 0.124 e. The Labute approximate surface area is 169 Å². The Hall–Kier alpha value is -3.38. The van der Waals surface area contributed by atoms with Gasteiger partial charge in [0.25, 0.3) is 0 Å². The molecule has 5 nitrogen and oxygen atoms in total. The number of benzene rings is 3. The second kappa shape index (κ2) is 6.65. The summed E-state index contributed by atoms with van der Waals surface area (Å²) in [6, 6.07) is 20.9. The van der Waals surface area contributed by atoms with Crippen LogP contribution in [0.2, 0.25) is 0 Å². The third-order valence-corrected chi connectivity index (χ3v) is 5.07. The lowest BCUT2D eigenvalue weighted by atomic mass is 10.1. The van der Waals surface area contributed by atoms with E-state index >= 15 is 0 Å². The Morgan fingerprint density at radius 3 is 2.29 bits per heavy atom. The van der Waals surface area contributed by atoms with E-state index in [0.29, 0.717) is 11.3 Å². The van der Waals surface area contributed by atoms with Crippen molar-refractivity contribution in [2.24, 2.45) is 10.2 Å². The van der Waals surface area contributed by atoms with E-state index in [0.717, 1.165) is 38.0 Å². The number of para-hydroxylation sites is 2. The molecule has 134 valence electrons. The third-order valence-electron chi connectivity index (χ3n) is 4.58. The highest BCUT2D eigenvalue weighted by molar-refractivity contribution is 9.10. The summed E-state index contributed by atoms with van der Waals surface area (Å²) >= 11 is 3.39. The van der Waals surface area contributed by atoms with Crippen LogP contribution in [0, 0.1) is 0 Å². The Kier molecular flexibility index (Phi) is 3.98. The van der Waals surface area contributed by atoms with Crippen molar-refractivity contribution < 1.29 is 5.11 Å². The molecule has 0 saturated carbocycles. The molecule has 0 aliphatic heterocycles. The van der Waals surface area contributed by atoms with Crippen molar-refractivity contribution in [3.05, 3.63) is 88.0 Å². The summed E-state index contributed by atoms with van der Waals surface area (Å²) in [6.07, 6.45) is 1.53. The lowest BCUT2D eigenvalue weighted by Gasteiger charge is -2.02. The molecule has 1 N–H and O–H groups in total. The van der Waals surface area contributed by atoms with Gasteiger partial charge in [0, 0.05) is 21.2 Å². The van der Waals surface area contributed by atoms with E-state index in [1.807, 2.05) is 48.5 Å². The van der Waals surface area contributed by atoms with Crippen LogP contribution in [0.1, 0.15) is 16.8 Å². The van der Waals surface area contributed by atoms with Gasteiger partial charge in [-0.1, -0.05) is 52.3 Å². The summed E-state index contributed by atoms with van der Waals surface area (Å²) in [5, 5.41) is 18.6. The Balaban J connectivity index is 1.65. The fraction of sp³-hybridized carbons (Fsp3) is 0. The van der Waals surface area contributed by atoms with Crippen LogP contribution in [0.3, 0.4) is 0 Å². The minimum absolute atomic E-state index is 0.144. The molecule has 0 bridgehead atoms. The van der Waals surface area contributed by atoms with Crippen LogP contribution in [0.4, 0.5) is 0 Å². The molecule has 0 fully saturated rings. The van der Waals surface area contributed by atoms with Crippen molar-refractivity contribution in [3.8, 4) is 17.0 Å². The van der Waals surface area contributed by atoms with Crippen LogP contribution >= 0.6 is 15.9 Å². The molecule has 0 atom stereocenters. The van der Waals surface area contributed by atoms with Crippen LogP contribution in [0.5, 0.6) is 5.75 Å². The van der Waals surface area contributed by atoms with Gasteiger partial charge in [0.15, 0.2) is 0 Å². The van der Waals surface area contributed by atoms with Crippen LogP contribution < -0.4 is 0 Å². The van der Waals surface area contributed by atoms with E-state index in [1.54, 1.807) is 18.2 Å². The van der Waals surface area contributed by atoms with Gasteiger partial charge in [-0.05, 0) is 30.3 Å². The van der Waals surface area contributed by atoms with Gasteiger partial charge in [0.05, 0.1) is 22.9 Å². The van der Waals surface area contributed by atoms with E-state index in [2.05, 4.69) is 26.1 Å². The highest BCUT2D eigenvalue weighted by atomic mass is 79.9. The number of hydrogen-bond donors (Lipinski definition) is 1. The standard InChI is InChI=1S/C22H13BrN4O/c23-14-9-10-19(28)13(11-14)12-24-27-21-16-6-2-1-5-15(16)20-22(21)26-18-8-4-3-7-17(18)25-20/h1-12,28H/b24-12-,27-21+. The largest absolute Gasteiger partial charge is 0.507 e. The zero-order valence-corrected chi connectivity index (χ0v) is 16.1. The molecular weight excluding hydrogens is 416 g/mol. The number of phenolic OH excluding ortho intramolecular Hbond substituents is 1. The maximum absolute atomic E-state index is 9.98. The normalized spacial score (nSPS) is 14.0. The first-order chi connectivity index (χ1) is 13.7. The molecule has 3 aromatic carbocycles. The average molecular weight is 429 g/mol.